The lowest BCUT2D eigenvalue weighted by atomic mass is 10.1. The van der Waals surface area contributed by atoms with Crippen molar-refractivity contribution in [1.82, 2.24) is 25.7 Å². The lowest BCUT2D eigenvalue weighted by Gasteiger charge is -2.30. The topological polar surface area (TPSA) is 104 Å². The van der Waals surface area contributed by atoms with Gasteiger partial charge in [-0.25, -0.2) is 0 Å². The first kappa shape index (κ1) is 31.1. The van der Waals surface area contributed by atoms with Crippen LogP contribution in [-0.2, 0) is 22.4 Å². The number of carbonyl (C=O) groups is 2. The van der Waals surface area contributed by atoms with E-state index in [0.717, 1.165) is 29.7 Å². The number of likely N-dealkylation sites (N-methyl/N-ethyl adjacent to an activating group) is 1. The lowest BCUT2D eigenvalue weighted by molar-refractivity contribution is -0.130. The highest BCUT2D eigenvalue weighted by molar-refractivity contribution is 5.87. The number of carbonyl (C=O) groups excluding carboxylic acids is 2. The van der Waals surface area contributed by atoms with Gasteiger partial charge in [0.25, 0.3) is 0 Å². The van der Waals surface area contributed by atoms with Gasteiger partial charge in [0.05, 0.1) is 13.1 Å². The van der Waals surface area contributed by atoms with Crippen LogP contribution in [0.2, 0.25) is 0 Å². The van der Waals surface area contributed by atoms with E-state index in [1.807, 2.05) is 42.0 Å². The molecule has 9 nitrogen and oxygen atoms in total. The lowest BCUT2D eigenvalue weighted by Crippen LogP contribution is -2.47. The Hall–Kier alpha value is -3.43. The molecule has 0 bridgehead atoms. The van der Waals surface area contributed by atoms with E-state index in [-0.39, 0.29) is 43.4 Å². The van der Waals surface area contributed by atoms with Crippen LogP contribution in [-0.4, -0.2) is 72.2 Å². The number of aromatic nitrogens is 2. The molecular formula is C30H41ClN6O3. The van der Waals surface area contributed by atoms with E-state index in [2.05, 4.69) is 59.7 Å². The highest BCUT2D eigenvalue weighted by atomic mass is 35.5. The van der Waals surface area contributed by atoms with Gasteiger partial charge in [-0.3, -0.25) is 9.59 Å². The maximum absolute atomic E-state index is 13.6. The Morgan fingerprint density at radius 2 is 1.82 bits per heavy atom. The molecule has 0 saturated heterocycles. The number of aryl methyl sites for hydroxylation is 3. The van der Waals surface area contributed by atoms with E-state index >= 15 is 0 Å². The third kappa shape index (κ3) is 7.61. The summed E-state index contributed by atoms with van der Waals surface area (Å²) in [5, 5.41) is 10.3. The smallest absolute Gasteiger partial charge is 0.242 e. The van der Waals surface area contributed by atoms with Gasteiger partial charge in [-0.2, -0.15) is 4.98 Å². The van der Waals surface area contributed by atoms with Crippen LogP contribution in [0.5, 0.6) is 0 Å². The van der Waals surface area contributed by atoms with E-state index in [1.165, 1.54) is 16.7 Å². The van der Waals surface area contributed by atoms with Gasteiger partial charge in [0.1, 0.15) is 0 Å². The van der Waals surface area contributed by atoms with E-state index < -0.39 is 0 Å². The van der Waals surface area contributed by atoms with Crippen molar-refractivity contribution in [1.29, 1.82) is 0 Å². The van der Waals surface area contributed by atoms with Crippen LogP contribution in [0.15, 0.2) is 40.9 Å². The molecular weight excluding hydrogens is 528 g/mol. The molecule has 10 heteroatoms. The average molecular weight is 569 g/mol. The molecule has 40 heavy (non-hydrogen) atoms. The van der Waals surface area contributed by atoms with Crippen molar-refractivity contribution in [3.63, 3.8) is 0 Å². The normalized spacial score (nSPS) is 14.0. The Kier molecular flexibility index (Phi) is 10.7. The monoisotopic (exact) mass is 568 g/mol. The maximum atomic E-state index is 13.6. The third-order valence-electron chi connectivity index (χ3n) is 7.34. The number of hydrogen-bond donors (Lipinski definition) is 2. The molecule has 0 spiro atoms. The van der Waals surface area contributed by atoms with Gasteiger partial charge >= 0.3 is 0 Å². The zero-order valence-corrected chi connectivity index (χ0v) is 25.1. The fraction of sp³-hybridized carbons (Fsp3) is 0.467. The largest absolute Gasteiger partial charge is 0.353 e. The second-order valence-corrected chi connectivity index (χ2v) is 10.7. The SMILES string of the molecule is Cc1nc(-c2ccc(C)c(N(CC(=O)NCCNC(C)C)CC(=O)N(C)C3Cc4cccc(C)c4C3)c2)no1.Cl. The number of amides is 2. The number of fused-ring (bicyclic) bond motifs is 1. The van der Waals surface area contributed by atoms with E-state index in [1.54, 1.807) is 6.92 Å². The summed E-state index contributed by atoms with van der Waals surface area (Å²) in [4.78, 5) is 34.7. The minimum atomic E-state index is -0.139. The van der Waals surface area contributed by atoms with Gasteiger partial charge < -0.3 is 25.0 Å². The standard InChI is InChI=1S/C30H40N6O3.ClH/c1-19(2)31-12-13-32-28(37)17-36(27-15-24(11-10-21(27)4)30-33-22(5)39-34-30)18-29(38)35(6)25-14-23-9-7-8-20(3)26(23)16-25;/h7-11,15,19,25,31H,12-14,16-18H2,1-6H3,(H,32,37);1H. The first-order valence-electron chi connectivity index (χ1n) is 13.6. The van der Waals surface area contributed by atoms with Crippen LogP contribution in [0.1, 0.15) is 42.0 Å². The number of hydrogen-bond acceptors (Lipinski definition) is 7. The molecule has 0 aliphatic heterocycles. The fourth-order valence-corrected chi connectivity index (χ4v) is 5.08. The Morgan fingerprint density at radius 3 is 2.50 bits per heavy atom. The molecule has 1 aliphatic rings. The van der Waals surface area contributed by atoms with Crippen molar-refractivity contribution < 1.29 is 14.1 Å². The van der Waals surface area contributed by atoms with Crippen molar-refractivity contribution in [3.8, 4) is 11.4 Å². The van der Waals surface area contributed by atoms with Crippen LogP contribution >= 0.6 is 12.4 Å². The average Bonchev–Trinajstić information content (AvgIpc) is 3.53. The summed E-state index contributed by atoms with van der Waals surface area (Å²) in [5.74, 6) is 0.781. The molecule has 1 aromatic heterocycles. The van der Waals surface area contributed by atoms with Gasteiger partial charge in [-0.05, 0) is 55.0 Å². The Morgan fingerprint density at radius 1 is 1.05 bits per heavy atom. The first-order chi connectivity index (χ1) is 18.6. The van der Waals surface area contributed by atoms with E-state index in [9.17, 15) is 9.59 Å². The minimum Gasteiger partial charge on any atom is -0.353 e. The van der Waals surface area contributed by atoms with Crippen molar-refractivity contribution in [2.24, 2.45) is 0 Å². The van der Waals surface area contributed by atoms with Gasteiger partial charge in [0.15, 0.2) is 0 Å². The molecule has 0 fully saturated rings. The summed E-state index contributed by atoms with van der Waals surface area (Å²) in [5.41, 5.74) is 6.43. The summed E-state index contributed by atoms with van der Waals surface area (Å²) in [7, 11) is 1.87. The van der Waals surface area contributed by atoms with Gasteiger partial charge in [-0.1, -0.05) is 49.3 Å². The van der Waals surface area contributed by atoms with Gasteiger partial charge in [-0.15, -0.1) is 12.4 Å². The molecule has 216 valence electrons. The Bertz CT molecular complexity index is 1320. The highest BCUT2D eigenvalue weighted by Gasteiger charge is 2.30. The molecule has 0 radical (unpaired) electrons. The molecule has 1 aliphatic carbocycles. The summed E-state index contributed by atoms with van der Waals surface area (Å²) >= 11 is 0. The summed E-state index contributed by atoms with van der Waals surface area (Å²) in [6, 6.07) is 12.6. The number of nitrogens with one attached hydrogen (secondary N) is 2. The van der Waals surface area contributed by atoms with Crippen LogP contribution in [0, 0.1) is 20.8 Å². The molecule has 4 rings (SSSR count). The number of anilines is 1. The second-order valence-electron chi connectivity index (χ2n) is 10.7. The number of halogens is 1. The van der Waals surface area contributed by atoms with Crippen LogP contribution in [0.25, 0.3) is 11.4 Å². The van der Waals surface area contributed by atoms with E-state index in [0.29, 0.717) is 30.8 Å². The Labute approximate surface area is 243 Å². The second kappa shape index (κ2) is 13.8. The predicted molar refractivity (Wildman–Crippen MR) is 160 cm³/mol. The fourth-order valence-electron chi connectivity index (χ4n) is 5.08. The van der Waals surface area contributed by atoms with Crippen LogP contribution in [0.3, 0.4) is 0 Å². The third-order valence-corrected chi connectivity index (χ3v) is 7.34. The van der Waals surface area contributed by atoms with Crippen molar-refractivity contribution in [2.45, 2.75) is 59.5 Å². The quantitative estimate of drug-likeness (QED) is 0.340. The molecule has 0 saturated carbocycles. The van der Waals surface area contributed by atoms with E-state index in [4.69, 9.17) is 4.52 Å². The zero-order chi connectivity index (χ0) is 28.1. The number of rotatable bonds is 11. The van der Waals surface area contributed by atoms with Crippen molar-refractivity contribution >= 4 is 29.9 Å². The van der Waals surface area contributed by atoms with Gasteiger partial charge in [0, 0.05) is 50.4 Å². The Balaban J connectivity index is 0.00000441. The zero-order valence-electron chi connectivity index (χ0n) is 24.3. The summed E-state index contributed by atoms with van der Waals surface area (Å²) < 4.78 is 5.17. The molecule has 1 unspecified atom stereocenters. The molecule has 1 atom stereocenters. The molecule has 2 amide bonds. The van der Waals surface area contributed by atoms with Crippen LogP contribution < -0.4 is 15.5 Å². The molecule has 2 aromatic carbocycles. The number of benzene rings is 2. The maximum Gasteiger partial charge on any atom is 0.242 e. The van der Waals surface area contributed by atoms with Crippen LogP contribution in [0.4, 0.5) is 5.69 Å². The number of nitrogens with zero attached hydrogens (tertiary/aromatic N) is 4. The predicted octanol–water partition coefficient (Wildman–Crippen LogP) is 3.63. The minimum absolute atomic E-state index is 0. The van der Waals surface area contributed by atoms with Gasteiger partial charge in [0.2, 0.25) is 23.5 Å². The van der Waals surface area contributed by atoms with Crippen molar-refractivity contribution in [3.05, 3.63) is 64.5 Å². The molecule has 2 N–H and O–H groups in total. The summed E-state index contributed by atoms with van der Waals surface area (Å²) in [6.45, 7) is 11.3. The molecule has 3 aromatic rings. The highest BCUT2D eigenvalue weighted by Crippen LogP contribution is 2.29. The van der Waals surface area contributed by atoms with Crippen molar-refractivity contribution in [2.75, 3.05) is 38.1 Å². The molecule has 1 heterocycles. The first-order valence-corrected chi connectivity index (χ1v) is 13.6. The summed E-state index contributed by atoms with van der Waals surface area (Å²) in [6.07, 6.45) is 1.69.